The Hall–Kier alpha value is -1.58. The molecule has 0 aliphatic heterocycles. The van der Waals surface area contributed by atoms with Gasteiger partial charge in [-0.25, -0.2) is 4.98 Å². The summed E-state index contributed by atoms with van der Waals surface area (Å²) in [6, 6.07) is 1.91. The average Bonchev–Trinajstić information content (AvgIpc) is 2.50. The first kappa shape index (κ1) is 8.04. The van der Waals surface area contributed by atoms with Crippen LogP contribution < -0.4 is 5.56 Å². The van der Waals surface area contributed by atoms with Crippen LogP contribution in [0.2, 0.25) is 0 Å². The van der Waals surface area contributed by atoms with Crippen LogP contribution in [0.3, 0.4) is 0 Å². The summed E-state index contributed by atoms with van der Waals surface area (Å²) in [6.07, 6.45) is 3.46. The van der Waals surface area contributed by atoms with Crippen LogP contribution in [0.4, 0.5) is 0 Å². The minimum absolute atomic E-state index is 0.0133. The van der Waals surface area contributed by atoms with Gasteiger partial charge in [0, 0.05) is 19.8 Å². The van der Waals surface area contributed by atoms with E-state index in [1.807, 2.05) is 24.6 Å². The van der Waals surface area contributed by atoms with E-state index in [4.69, 9.17) is 0 Å². The number of hydrogen-bond acceptors (Lipinski definition) is 2. The molecule has 4 heteroatoms. The van der Waals surface area contributed by atoms with Crippen molar-refractivity contribution in [2.45, 2.75) is 13.5 Å². The molecule has 0 saturated heterocycles. The van der Waals surface area contributed by atoms with Crippen molar-refractivity contribution in [3.8, 4) is 0 Å². The highest BCUT2D eigenvalue weighted by atomic mass is 16.1. The predicted octanol–water partition coefficient (Wildman–Crippen LogP) is 0.755. The number of aromatic nitrogens is 3. The van der Waals surface area contributed by atoms with Gasteiger partial charge in [0.25, 0.3) is 5.56 Å². The van der Waals surface area contributed by atoms with Gasteiger partial charge in [0.15, 0.2) is 5.52 Å². The lowest BCUT2D eigenvalue weighted by Crippen LogP contribution is -2.18. The summed E-state index contributed by atoms with van der Waals surface area (Å²) in [5, 5.41) is 0. The minimum Gasteiger partial charge on any atom is -0.334 e. The summed E-state index contributed by atoms with van der Waals surface area (Å²) in [5.74, 6) is 0. The van der Waals surface area contributed by atoms with E-state index in [-0.39, 0.29) is 5.56 Å². The van der Waals surface area contributed by atoms with Crippen LogP contribution in [-0.2, 0) is 13.6 Å². The van der Waals surface area contributed by atoms with Gasteiger partial charge >= 0.3 is 0 Å². The highest BCUT2D eigenvalue weighted by molar-refractivity contribution is 5.73. The van der Waals surface area contributed by atoms with Crippen LogP contribution in [0.1, 0.15) is 6.92 Å². The average molecular weight is 177 g/mol. The van der Waals surface area contributed by atoms with Crippen molar-refractivity contribution < 1.29 is 0 Å². The zero-order valence-corrected chi connectivity index (χ0v) is 7.69. The molecule has 2 rings (SSSR count). The molecule has 0 radical (unpaired) electrons. The van der Waals surface area contributed by atoms with Crippen molar-refractivity contribution in [2.24, 2.45) is 7.05 Å². The lowest BCUT2D eigenvalue weighted by Gasteiger charge is -2.00. The first-order valence-electron chi connectivity index (χ1n) is 4.24. The molecular formula is C9H11N3O. The predicted molar refractivity (Wildman–Crippen MR) is 50.6 cm³/mol. The summed E-state index contributed by atoms with van der Waals surface area (Å²) in [5.41, 5.74) is 1.42. The summed E-state index contributed by atoms with van der Waals surface area (Å²) in [7, 11) is 1.88. The van der Waals surface area contributed by atoms with Crippen LogP contribution in [0.25, 0.3) is 11.0 Å². The summed E-state index contributed by atoms with van der Waals surface area (Å²) in [6.45, 7) is 2.63. The maximum Gasteiger partial charge on any atom is 0.278 e. The number of nitrogens with zero attached hydrogens (tertiary/aromatic N) is 3. The van der Waals surface area contributed by atoms with Gasteiger partial charge in [-0.3, -0.25) is 4.79 Å². The van der Waals surface area contributed by atoms with E-state index in [1.54, 1.807) is 17.1 Å². The fourth-order valence-electron chi connectivity index (χ4n) is 1.41. The Labute approximate surface area is 75.4 Å². The van der Waals surface area contributed by atoms with E-state index >= 15 is 0 Å². The Morgan fingerprint density at radius 1 is 1.54 bits per heavy atom. The smallest absolute Gasteiger partial charge is 0.278 e. The molecule has 0 bridgehead atoms. The molecule has 0 amide bonds. The number of hydrogen-bond donors (Lipinski definition) is 0. The molecule has 2 aromatic heterocycles. The monoisotopic (exact) mass is 177 g/mol. The molecule has 0 spiro atoms. The third-order valence-corrected chi connectivity index (χ3v) is 2.20. The van der Waals surface area contributed by atoms with Gasteiger partial charge in [0.1, 0.15) is 0 Å². The highest BCUT2D eigenvalue weighted by Crippen LogP contribution is 2.05. The van der Waals surface area contributed by atoms with E-state index in [1.165, 1.54) is 0 Å². The molecule has 68 valence electrons. The largest absolute Gasteiger partial charge is 0.334 e. The van der Waals surface area contributed by atoms with E-state index < -0.39 is 0 Å². The molecule has 4 nitrogen and oxygen atoms in total. The lowest BCUT2D eigenvalue weighted by molar-refractivity contribution is 0.733. The van der Waals surface area contributed by atoms with Gasteiger partial charge in [-0.2, -0.15) is 0 Å². The van der Waals surface area contributed by atoms with E-state index in [9.17, 15) is 4.79 Å². The zero-order valence-electron chi connectivity index (χ0n) is 7.69. The lowest BCUT2D eigenvalue weighted by atomic mass is 10.4. The van der Waals surface area contributed by atoms with Crippen molar-refractivity contribution in [1.29, 1.82) is 0 Å². The summed E-state index contributed by atoms with van der Waals surface area (Å²) in [4.78, 5) is 15.7. The SMILES string of the molecule is CCn1ccc2c(ncn2C)c1=O. The summed E-state index contributed by atoms with van der Waals surface area (Å²) < 4.78 is 3.49. The maximum atomic E-state index is 11.7. The molecule has 0 unspecified atom stereocenters. The molecule has 13 heavy (non-hydrogen) atoms. The van der Waals surface area contributed by atoms with Crippen LogP contribution in [-0.4, -0.2) is 14.1 Å². The Bertz CT molecular complexity index is 495. The Kier molecular flexibility index (Phi) is 1.69. The zero-order chi connectivity index (χ0) is 9.42. The second-order valence-corrected chi connectivity index (χ2v) is 3.00. The van der Waals surface area contributed by atoms with E-state index in [0.717, 1.165) is 5.52 Å². The van der Waals surface area contributed by atoms with Crippen LogP contribution >= 0.6 is 0 Å². The first-order chi connectivity index (χ1) is 6.24. The molecule has 0 N–H and O–H groups in total. The van der Waals surface area contributed by atoms with Gasteiger partial charge in [0.2, 0.25) is 0 Å². The van der Waals surface area contributed by atoms with Crippen LogP contribution in [0, 0.1) is 0 Å². The van der Waals surface area contributed by atoms with Crippen molar-refractivity contribution >= 4 is 11.0 Å². The number of aryl methyl sites for hydroxylation is 2. The van der Waals surface area contributed by atoms with Gasteiger partial charge < -0.3 is 9.13 Å². The van der Waals surface area contributed by atoms with Crippen LogP contribution in [0.15, 0.2) is 23.4 Å². The Balaban J connectivity index is 2.88. The van der Waals surface area contributed by atoms with Gasteiger partial charge in [-0.1, -0.05) is 0 Å². The number of rotatable bonds is 1. The van der Waals surface area contributed by atoms with Gasteiger partial charge in [0.05, 0.1) is 11.8 Å². The topological polar surface area (TPSA) is 39.8 Å². The molecule has 0 saturated carbocycles. The number of fused-ring (bicyclic) bond motifs is 1. The Morgan fingerprint density at radius 3 is 3.00 bits per heavy atom. The Morgan fingerprint density at radius 2 is 2.31 bits per heavy atom. The normalized spacial score (nSPS) is 10.9. The highest BCUT2D eigenvalue weighted by Gasteiger charge is 2.04. The third kappa shape index (κ3) is 1.06. The molecule has 2 aromatic rings. The summed E-state index contributed by atoms with van der Waals surface area (Å²) >= 11 is 0. The van der Waals surface area contributed by atoms with Gasteiger partial charge in [-0.15, -0.1) is 0 Å². The third-order valence-electron chi connectivity index (χ3n) is 2.20. The molecule has 0 aliphatic carbocycles. The fourth-order valence-corrected chi connectivity index (χ4v) is 1.41. The second kappa shape index (κ2) is 2.73. The molecule has 2 heterocycles. The quantitative estimate of drug-likeness (QED) is 0.645. The van der Waals surface area contributed by atoms with Crippen molar-refractivity contribution in [3.05, 3.63) is 28.9 Å². The number of imidazole rings is 1. The molecule has 0 aromatic carbocycles. The van der Waals surface area contributed by atoms with Crippen molar-refractivity contribution in [3.63, 3.8) is 0 Å². The fraction of sp³-hybridized carbons (Fsp3) is 0.333. The number of pyridine rings is 1. The standard InChI is InChI=1S/C9H11N3O/c1-3-12-5-4-7-8(9(12)13)10-6-11(7)2/h4-6H,3H2,1-2H3. The van der Waals surface area contributed by atoms with Crippen molar-refractivity contribution in [1.82, 2.24) is 14.1 Å². The van der Waals surface area contributed by atoms with E-state index in [2.05, 4.69) is 4.98 Å². The molecular weight excluding hydrogens is 166 g/mol. The van der Waals surface area contributed by atoms with Crippen LogP contribution in [0.5, 0.6) is 0 Å². The van der Waals surface area contributed by atoms with Crippen molar-refractivity contribution in [2.75, 3.05) is 0 Å². The van der Waals surface area contributed by atoms with E-state index in [0.29, 0.717) is 12.1 Å². The molecule has 0 fully saturated rings. The maximum absolute atomic E-state index is 11.7. The second-order valence-electron chi connectivity index (χ2n) is 3.00. The van der Waals surface area contributed by atoms with Gasteiger partial charge in [-0.05, 0) is 13.0 Å². The minimum atomic E-state index is -0.0133. The molecule has 0 aliphatic rings. The first-order valence-corrected chi connectivity index (χ1v) is 4.24. The molecule has 0 atom stereocenters.